The molecule has 1 aliphatic rings. The lowest BCUT2D eigenvalue weighted by Gasteiger charge is -2.18. The first kappa shape index (κ1) is 19.3. The SMILES string of the molecule is CC(C)(C)c1nc2cc(NC(=O)NCC3CCN(c4ccccc4)C3)ccc2o1. The fourth-order valence-corrected chi connectivity index (χ4v) is 3.61. The number of carbonyl (C=O) groups is 1. The van der Waals surface area contributed by atoms with Gasteiger partial charge in [0.15, 0.2) is 5.58 Å². The molecular formula is C23H28N4O2. The summed E-state index contributed by atoms with van der Waals surface area (Å²) in [5, 5.41) is 5.91. The minimum Gasteiger partial charge on any atom is -0.440 e. The summed E-state index contributed by atoms with van der Waals surface area (Å²) in [5.74, 6) is 1.15. The number of carbonyl (C=O) groups excluding carboxylic acids is 1. The highest BCUT2D eigenvalue weighted by atomic mass is 16.3. The molecule has 29 heavy (non-hydrogen) atoms. The Morgan fingerprint density at radius 1 is 1.21 bits per heavy atom. The Morgan fingerprint density at radius 2 is 2.00 bits per heavy atom. The number of nitrogens with one attached hydrogen (secondary N) is 2. The average Bonchev–Trinajstić information content (AvgIpc) is 3.33. The molecule has 0 bridgehead atoms. The van der Waals surface area contributed by atoms with Crippen LogP contribution >= 0.6 is 0 Å². The Kier molecular flexibility index (Phi) is 5.18. The zero-order valence-corrected chi connectivity index (χ0v) is 17.2. The van der Waals surface area contributed by atoms with E-state index in [4.69, 9.17) is 4.42 Å². The number of rotatable bonds is 4. The molecule has 0 spiro atoms. The molecular weight excluding hydrogens is 364 g/mol. The first-order chi connectivity index (χ1) is 13.9. The number of anilines is 2. The van der Waals surface area contributed by atoms with Crippen molar-refractivity contribution in [2.45, 2.75) is 32.6 Å². The van der Waals surface area contributed by atoms with Gasteiger partial charge < -0.3 is 20.0 Å². The quantitative estimate of drug-likeness (QED) is 0.671. The van der Waals surface area contributed by atoms with Crippen LogP contribution in [0.5, 0.6) is 0 Å². The number of aromatic nitrogens is 1. The number of amides is 2. The lowest BCUT2D eigenvalue weighted by atomic mass is 9.97. The van der Waals surface area contributed by atoms with Crippen molar-refractivity contribution in [3.63, 3.8) is 0 Å². The molecule has 4 rings (SSSR count). The summed E-state index contributed by atoms with van der Waals surface area (Å²) in [6, 6.07) is 15.8. The van der Waals surface area contributed by atoms with Crippen LogP contribution in [0.15, 0.2) is 52.9 Å². The van der Waals surface area contributed by atoms with E-state index < -0.39 is 0 Å². The maximum Gasteiger partial charge on any atom is 0.319 e. The minimum absolute atomic E-state index is 0.154. The molecule has 1 fully saturated rings. The number of hydrogen-bond donors (Lipinski definition) is 2. The van der Waals surface area contributed by atoms with Gasteiger partial charge in [0.1, 0.15) is 5.52 Å². The molecule has 1 unspecified atom stereocenters. The van der Waals surface area contributed by atoms with Crippen LogP contribution in [0.4, 0.5) is 16.2 Å². The third kappa shape index (κ3) is 4.53. The van der Waals surface area contributed by atoms with Gasteiger partial charge >= 0.3 is 6.03 Å². The lowest BCUT2D eigenvalue weighted by Crippen LogP contribution is -2.34. The van der Waals surface area contributed by atoms with Gasteiger partial charge in [-0.05, 0) is 42.7 Å². The van der Waals surface area contributed by atoms with Crippen LogP contribution in [0, 0.1) is 5.92 Å². The van der Waals surface area contributed by atoms with E-state index >= 15 is 0 Å². The summed E-state index contributed by atoms with van der Waals surface area (Å²) in [6.07, 6.45) is 1.08. The lowest BCUT2D eigenvalue weighted by molar-refractivity contribution is 0.250. The maximum atomic E-state index is 12.3. The van der Waals surface area contributed by atoms with Gasteiger partial charge in [0.05, 0.1) is 0 Å². The standard InChI is InChI=1S/C23H28N4O2/c1-23(2,3)21-26-19-13-17(9-10-20(19)29-21)25-22(28)24-14-16-11-12-27(15-16)18-7-5-4-6-8-18/h4-10,13,16H,11-12,14-15H2,1-3H3,(H2,24,25,28). The van der Waals surface area contributed by atoms with E-state index in [1.54, 1.807) is 0 Å². The van der Waals surface area contributed by atoms with Crippen LogP contribution in [0.2, 0.25) is 0 Å². The number of nitrogens with zero attached hydrogens (tertiary/aromatic N) is 2. The van der Waals surface area contributed by atoms with Gasteiger partial charge in [-0.25, -0.2) is 9.78 Å². The molecule has 2 aromatic carbocycles. The molecule has 2 heterocycles. The average molecular weight is 393 g/mol. The van der Waals surface area contributed by atoms with Crippen molar-refractivity contribution in [3.8, 4) is 0 Å². The second kappa shape index (κ2) is 7.78. The van der Waals surface area contributed by atoms with Gasteiger partial charge in [0.25, 0.3) is 0 Å². The highest BCUT2D eigenvalue weighted by Gasteiger charge is 2.23. The second-order valence-electron chi connectivity index (χ2n) is 8.72. The van der Waals surface area contributed by atoms with Crippen molar-refractivity contribution in [3.05, 3.63) is 54.4 Å². The number of fused-ring (bicyclic) bond motifs is 1. The molecule has 1 aliphatic heterocycles. The van der Waals surface area contributed by atoms with E-state index in [1.807, 2.05) is 24.3 Å². The first-order valence-electron chi connectivity index (χ1n) is 10.1. The predicted octanol–water partition coefficient (Wildman–Crippen LogP) is 4.77. The minimum atomic E-state index is -0.193. The summed E-state index contributed by atoms with van der Waals surface area (Å²) in [7, 11) is 0. The summed E-state index contributed by atoms with van der Waals surface area (Å²) in [5.41, 5.74) is 3.28. The van der Waals surface area contributed by atoms with Crippen molar-refractivity contribution in [1.82, 2.24) is 10.3 Å². The predicted molar refractivity (Wildman–Crippen MR) is 116 cm³/mol. The summed E-state index contributed by atoms with van der Waals surface area (Å²) >= 11 is 0. The van der Waals surface area contributed by atoms with Crippen molar-refractivity contribution >= 4 is 28.5 Å². The third-order valence-corrected chi connectivity index (χ3v) is 5.25. The Labute approximate surface area is 171 Å². The topological polar surface area (TPSA) is 70.4 Å². The molecule has 2 N–H and O–H groups in total. The highest BCUT2D eigenvalue weighted by Crippen LogP contribution is 2.27. The summed E-state index contributed by atoms with van der Waals surface area (Å²) < 4.78 is 5.81. The number of urea groups is 1. The molecule has 152 valence electrons. The summed E-state index contributed by atoms with van der Waals surface area (Å²) in [4.78, 5) is 19.3. The largest absolute Gasteiger partial charge is 0.440 e. The Balaban J connectivity index is 1.31. The molecule has 0 radical (unpaired) electrons. The smallest absolute Gasteiger partial charge is 0.319 e. The van der Waals surface area contributed by atoms with Crippen molar-refractivity contribution in [2.75, 3.05) is 29.9 Å². The van der Waals surface area contributed by atoms with E-state index in [2.05, 4.69) is 65.6 Å². The Morgan fingerprint density at radius 3 is 2.76 bits per heavy atom. The fourth-order valence-electron chi connectivity index (χ4n) is 3.61. The molecule has 0 aliphatic carbocycles. The number of para-hydroxylation sites is 1. The van der Waals surface area contributed by atoms with E-state index in [0.29, 0.717) is 24.0 Å². The Hall–Kier alpha value is -3.02. The van der Waals surface area contributed by atoms with Crippen LogP contribution in [-0.2, 0) is 5.41 Å². The molecule has 6 nitrogen and oxygen atoms in total. The zero-order chi connectivity index (χ0) is 20.4. The van der Waals surface area contributed by atoms with E-state index in [9.17, 15) is 4.79 Å². The molecule has 6 heteroatoms. The molecule has 3 aromatic rings. The van der Waals surface area contributed by atoms with Gasteiger partial charge in [0, 0.05) is 36.4 Å². The summed E-state index contributed by atoms with van der Waals surface area (Å²) in [6.45, 7) is 8.84. The number of hydrogen-bond acceptors (Lipinski definition) is 4. The van der Waals surface area contributed by atoms with E-state index in [-0.39, 0.29) is 11.4 Å². The zero-order valence-electron chi connectivity index (χ0n) is 17.2. The van der Waals surface area contributed by atoms with Crippen LogP contribution in [0.25, 0.3) is 11.1 Å². The van der Waals surface area contributed by atoms with E-state index in [1.165, 1.54) is 5.69 Å². The van der Waals surface area contributed by atoms with E-state index in [0.717, 1.165) is 30.6 Å². The molecule has 1 aromatic heterocycles. The second-order valence-corrected chi connectivity index (χ2v) is 8.72. The normalized spacial score (nSPS) is 16.9. The number of oxazole rings is 1. The van der Waals surface area contributed by atoms with Crippen LogP contribution < -0.4 is 15.5 Å². The Bertz CT molecular complexity index is 991. The van der Waals surface area contributed by atoms with Crippen LogP contribution in [-0.4, -0.2) is 30.6 Å². The van der Waals surface area contributed by atoms with Gasteiger partial charge in [-0.15, -0.1) is 0 Å². The molecule has 2 amide bonds. The van der Waals surface area contributed by atoms with Crippen molar-refractivity contribution < 1.29 is 9.21 Å². The fraction of sp³-hybridized carbons (Fsp3) is 0.391. The molecule has 1 saturated heterocycles. The van der Waals surface area contributed by atoms with Gasteiger partial charge in [-0.2, -0.15) is 0 Å². The monoisotopic (exact) mass is 392 g/mol. The van der Waals surface area contributed by atoms with Crippen molar-refractivity contribution in [1.29, 1.82) is 0 Å². The van der Waals surface area contributed by atoms with Crippen LogP contribution in [0.1, 0.15) is 33.1 Å². The first-order valence-corrected chi connectivity index (χ1v) is 10.1. The van der Waals surface area contributed by atoms with Gasteiger partial charge in [-0.3, -0.25) is 0 Å². The maximum absolute atomic E-state index is 12.3. The highest BCUT2D eigenvalue weighted by molar-refractivity contribution is 5.91. The van der Waals surface area contributed by atoms with Crippen molar-refractivity contribution in [2.24, 2.45) is 5.92 Å². The number of benzene rings is 2. The molecule has 0 saturated carbocycles. The van der Waals surface area contributed by atoms with Gasteiger partial charge in [-0.1, -0.05) is 39.0 Å². The van der Waals surface area contributed by atoms with Crippen LogP contribution in [0.3, 0.4) is 0 Å². The molecule has 1 atom stereocenters. The third-order valence-electron chi connectivity index (χ3n) is 5.25. The van der Waals surface area contributed by atoms with Gasteiger partial charge in [0.2, 0.25) is 5.89 Å².